The van der Waals surface area contributed by atoms with E-state index in [1.165, 1.54) is 23.1 Å². The van der Waals surface area contributed by atoms with Crippen molar-refractivity contribution in [3.63, 3.8) is 0 Å². The molecular formula is C15H12Cl2N4O2S2. The van der Waals surface area contributed by atoms with Crippen LogP contribution in [0.15, 0.2) is 33.1 Å². The van der Waals surface area contributed by atoms with Crippen LogP contribution >= 0.6 is 46.3 Å². The lowest BCUT2D eigenvalue weighted by Gasteiger charge is -2.04. The molecule has 0 bridgehead atoms. The maximum absolute atomic E-state index is 12.0. The molecule has 6 nitrogen and oxygen atoms in total. The van der Waals surface area contributed by atoms with Gasteiger partial charge in [0.05, 0.1) is 12.1 Å². The number of hydrogen-bond acceptors (Lipinski definition) is 7. The van der Waals surface area contributed by atoms with Gasteiger partial charge in [0, 0.05) is 21.9 Å². The molecular weight excluding hydrogens is 403 g/mol. The number of hydrogen-bond donors (Lipinski definition) is 1. The summed E-state index contributed by atoms with van der Waals surface area (Å²) in [5.74, 6) is 1.00. The molecule has 0 saturated carbocycles. The molecule has 0 aliphatic rings. The molecule has 3 aromatic rings. The van der Waals surface area contributed by atoms with Crippen LogP contribution in [-0.4, -0.2) is 21.3 Å². The van der Waals surface area contributed by atoms with Crippen LogP contribution in [0, 0.1) is 6.92 Å². The van der Waals surface area contributed by atoms with Crippen LogP contribution in [-0.2, 0) is 17.0 Å². The molecule has 0 spiro atoms. The van der Waals surface area contributed by atoms with E-state index in [1.807, 2.05) is 0 Å². The third-order valence-corrected chi connectivity index (χ3v) is 5.78. The number of aromatic nitrogens is 3. The largest absolute Gasteiger partial charge is 0.361 e. The Morgan fingerprint density at radius 1 is 1.32 bits per heavy atom. The van der Waals surface area contributed by atoms with E-state index in [1.54, 1.807) is 31.2 Å². The summed E-state index contributed by atoms with van der Waals surface area (Å²) in [6, 6.07) is 7.10. The first-order valence-corrected chi connectivity index (χ1v) is 9.68. The maximum Gasteiger partial charge on any atom is 0.232 e. The number of nitrogens with one attached hydrogen (secondary N) is 1. The van der Waals surface area contributed by atoms with Gasteiger partial charge in [-0.25, -0.2) is 0 Å². The fourth-order valence-corrected chi connectivity index (χ4v) is 4.46. The second-order valence-corrected chi connectivity index (χ2v) is 8.03. The van der Waals surface area contributed by atoms with E-state index in [-0.39, 0.29) is 12.3 Å². The van der Waals surface area contributed by atoms with E-state index in [2.05, 4.69) is 20.7 Å². The normalized spacial score (nSPS) is 10.8. The summed E-state index contributed by atoms with van der Waals surface area (Å²) in [6.45, 7) is 1.77. The van der Waals surface area contributed by atoms with Crippen molar-refractivity contribution in [2.24, 2.45) is 0 Å². The van der Waals surface area contributed by atoms with E-state index < -0.39 is 0 Å². The lowest BCUT2D eigenvalue weighted by atomic mass is 10.2. The average Bonchev–Trinajstić information content (AvgIpc) is 3.16. The molecule has 2 aromatic heterocycles. The number of halogens is 2. The zero-order valence-electron chi connectivity index (χ0n) is 13.0. The van der Waals surface area contributed by atoms with Crippen molar-refractivity contribution in [2.75, 3.05) is 5.32 Å². The van der Waals surface area contributed by atoms with Crippen molar-refractivity contribution < 1.29 is 9.32 Å². The Morgan fingerprint density at radius 2 is 2.08 bits per heavy atom. The van der Waals surface area contributed by atoms with Gasteiger partial charge in [0.25, 0.3) is 0 Å². The molecule has 0 unspecified atom stereocenters. The van der Waals surface area contributed by atoms with Gasteiger partial charge in [-0.2, -0.15) is 0 Å². The summed E-state index contributed by atoms with van der Waals surface area (Å²) in [6.07, 6.45) is 0.120. The van der Waals surface area contributed by atoms with Crippen molar-refractivity contribution in [1.82, 2.24) is 15.4 Å². The zero-order valence-corrected chi connectivity index (χ0v) is 16.1. The lowest BCUT2D eigenvalue weighted by Crippen LogP contribution is -2.14. The predicted octanol–water partition coefficient (Wildman–Crippen LogP) is 4.61. The highest BCUT2D eigenvalue weighted by Gasteiger charge is 2.13. The number of amides is 1. The summed E-state index contributed by atoms with van der Waals surface area (Å²) in [5, 5.41) is 16.2. The van der Waals surface area contributed by atoms with Gasteiger partial charge in [0.1, 0.15) is 5.76 Å². The molecule has 3 rings (SSSR count). The number of rotatable bonds is 6. The minimum Gasteiger partial charge on any atom is -0.361 e. The smallest absolute Gasteiger partial charge is 0.232 e. The number of aryl methyl sites for hydroxylation is 1. The van der Waals surface area contributed by atoms with Gasteiger partial charge >= 0.3 is 0 Å². The van der Waals surface area contributed by atoms with Gasteiger partial charge in [-0.15, -0.1) is 10.2 Å². The van der Waals surface area contributed by atoms with Crippen molar-refractivity contribution in [3.05, 3.63) is 51.3 Å². The second kappa shape index (κ2) is 8.18. The Morgan fingerprint density at radius 3 is 2.76 bits per heavy atom. The first kappa shape index (κ1) is 18.2. The molecule has 0 radical (unpaired) electrons. The van der Waals surface area contributed by atoms with Gasteiger partial charge in [0.15, 0.2) is 4.34 Å². The van der Waals surface area contributed by atoms with E-state index in [0.29, 0.717) is 36.7 Å². The fraction of sp³-hybridized carbons (Fsp3) is 0.200. The molecule has 10 heteroatoms. The van der Waals surface area contributed by atoms with Crippen LogP contribution < -0.4 is 5.32 Å². The summed E-state index contributed by atoms with van der Waals surface area (Å²) in [5.41, 5.74) is 1.42. The Hall–Kier alpha value is -1.61. The molecule has 130 valence electrons. The number of thioether (sulfide) groups is 1. The average molecular weight is 415 g/mol. The quantitative estimate of drug-likeness (QED) is 0.468. The molecule has 2 heterocycles. The molecule has 0 saturated heterocycles. The van der Waals surface area contributed by atoms with Crippen molar-refractivity contribution in [1.29, 1.82) is 0 Å². The van der Waals surface area contributed by atoms with Crippen molar-refractivity contribution >= 4 is 57.3 Å². The predicted molar refractivity (Wildman–Crippen MR) is 99.5 cm³/mol. The minimum absolute atomic E-state index is 0.120. The summed E-state index contributed by atoms with van der Waals surface area (Å²) >= 11 is 15.0. The summed E-state index contributed by atoms with van der Waals surface area (Å²) < 4.78 is 5.64. The number of anilines is 1. The van der Waals surface area contributed by atoms with E-state index >= 15 is 0 Å². The first-order chi connectivity index (χ1) is 12.0. The topological polar surface area (TPSA) is 80.9 Å². The second-order valence-electron chi connectivity index (χ2n) is 5.02. The first-order valence-electron chi connectivity index (χ1n) is 7.12. The van der Waals surface area contributed by atoms with Crippen LogP contribution in [0.2, 0.25) is 10.0 Å². The van der Waals surface area contributed by atoms with Crippen LogP contribution in [0.5, 0.6) is 0 Å². The highest BCUT2D eigenvalue weighted by molar-refractivity contribution is 8.00. The molecule has 1 aromatic carbocycles. The molecule has 0 fully saturated rings. The van der Waals surface area contributed by atoms with Gasteiger partial charge in [-0.1, -0.05) is 57.5 Å². The summed E-state index contributed by atoms with van der Waals surface area (Å²) in [7, 11) is 0. The lowest BCUT2D eigenvalue weighted by molar-refractivity contribution is -0.115. The van der Waals surface area contributed by atoms with E-state index in [4.69, 9.17) is 27.7 Å². The number of carbonyl (C=O) groups is 1. The standard InChI is InChI=1S/C15H12Cl2N4O2S2/c1-8-5-9(21-23-8)6-13(22)18-14-19-20-15(25-14)24-7-10-11(16)3-2-4-12(10)17/h2-5H,6-7H2,1H3,(H,18,19,22). The zero-order chi connectivity index (χ0) is 17.8. The van der Waals surface area contributed by atoms with Gasteiger partial charge in [-0.05, 0) is 24.6 Å². The summed E-state index contributed by atoms with van der Waals surface area (Å²) in [4.78, 5) is 12.0. The Balaban J connectivity index is 1.56. The minimum atomic E-state index is -0.227. The maximum atomic E-state index is 12.0. The van der Waals surface area contributed by atoms with E-state index in [0.717, 1.165) is 5.56 Å². The van der Waals surface area contributed by atoms with Crippen LogP contribution in [0.1, 0.15) is 17.0 Å². The van der Waals surface area contributed by atoms with E-state index in [9.17, 15) is 4.79 Å². The Kier molecular flexibility index (Phi) is 5.95. The number of carbonyl (C=O) groups excluding carboxylic acids is 1. The third-order valence-electron chi connectivity index (χ3n) is 3.07. The molecule has 0 aliphatic carbocycles. The molecule has 25 heavy (non-hydrogen) atoms. The monoisotopic (exact) mass is 414 g/mol. The molecule has 1 amide bonds. The van der Waals surface area contributed by atoms with Crippen molar-refractivity contribution in [3.8, 4) is 0 Å². The molecule has 0 aliphatic heterocycles. The Bertz CT molecular complexity index is 877. The molecule has 1 N–H and O–H groups in total. The highest BCUT2D eigenvalue weighted by Crippen LogP contribution is 2.33. The molecule has 0 atom stereocenters. The van der Waals surface area contributed by atoms with Crippen LogP contribution in [0.4, 0.5) is 5.13 Å². The highest BCUT2D eigenvalue weighted by atomic mass is 35.5. The van der Waals surface area contributed by atoms with Crippen LogP contribution in [0.3, 0.4) is 0 Å². The van der Waals surface area contributed by atoms with Gasteiger partial charge < -0.3 is 9.84 Å². The number of benzene rings is 1. The number of nitrogens with zero attached hydrogens (tertiary/aromatic N) is 3. The van der Waals surface area contributed by atoms with Crippen molar-refractivity contribution in [2.45, 2.75) is 23.4 Å². The Labute approximate surface area is 161 Å². The fourth-order valence-electron chi connectivity index (χ4n) is 1.95. The SMILES string of the molecule is Cc1cc(CC(=O)Nc2nnc(SCc3c(Cl)cccc3Cl)s2)no1. The van der Waals surface area contributed by atoms with Crippen LogP contribution in [0.25, 0.3) is 0 Å². The van der Waals surface area contributed by atoms with Gasteiger partial charge in [0.2, 0.25) is 11.0 Å². The third kappa shape index (κ3) is 4.94. The van der Waals surface area contributed by atoms with Gasteiger partial charge in [-0.3, -0.25) is 4.79 Å².